The van der Waals surface area contributed by atoms with Crippen molar-refractivity contribution in [3.8, 4) is 0 Å². The topological polar surface area (TPSA) is 93.2 Å². The number of amides is 1. The van der Waals surface area contributed by atoms with Crippen molar-refractivity contribution in [1.82, 2.24) is 15.3 Å². The van der Waals surface area contributed by atoms with Crippen molar-refractivity contribution in [2.24, 2.45) is 5.92 Å². The van der Waals surface area contributed by atoms with E-state index >= 15 is 0 Å². The van der Waals surface area contributed by atoms with Crippen molar-refractivity contribution >= 4 is 23.4 Å². The Kier molecular flexibility index (Phi) is 6.05. The van der Waals surface area contributed by atoms with Gasteiger partial charge in [-0.25, -0.2) is 14.8 Å². The second-order valence-electron chi connectivity index (χ2n) is 5.98. The van der Waals surface area contributed by atoms with Gasteiger partial charge in [-0.05, 0) is 37.1 Å². The second-order valence-corrected chi connectivity index (χ2v) is 5.98. The van der Waals surface area contributed by atoms with Gasteiger partial charge in [0.1, 0.15) is 17.3 Å². The lowest BCUT2D eigenvalue weighted by molar-refractivity contribution is 0.0600. The molecular weight excluding hydrogens is 320 g/mol. The lowest BCUT2D eigenvalue weighted by Crippen LogP contribution is -2.28. The van der Waals surface area contributed by atoms with Crippen LogP contribution in [0, 0.1) is 12.8 Å². The summed E-state index contributed by atoms with van der Waals surface area (Å²) in [6.45, 7) is 6.36. The van der Waals surface area contributed by atoms with E-state index in [1.807, 2.05) is 13.8 Å². The molecule has 0 atom stereocenters. The van der Waals surface area contributed by atoms with Crippen LogP contribution in [0.3, 0.4) is 0 Å². The first-order valence-corrected chi connectivity index (χ1v) is 7.98. The molecule has 2 N–H and O–H groups in total. The molecule has 1 amide bonds. The number of rotatable bonds is 6. The summed E-state index contributed by atoms with van der Waals surface area (Å²) < 4.78 is 4.67. The van der Waals surface area contributed by atoms with Gasteiger partial charge in [-0.15, -0.1) is 0 Å². The van der Waals surface area contributed by atoms with Crippen molar-refractivity contribution in [3.63, 3.8) is 0 Å². The Labute approximate surface area is 146 Å². The number of nitrogens with one attached hydrogen (secondary N) is 2. The summed E-state index contributed by atoms with van der Waals surface area (Å²) in [6, 6.07) is 8.37. The number of esters is 1. The maximum absolute atomic E-state index is 12.2. The SMILES string of the molecule is COC(=O)c1ccc(Nc2cc(C(=O)NCC(C)C)nc(C)n2)cc1. The van der Waals surface area contributed by atoms with Crippen LogP contribution >= 0.6 is 0 Å². The number of carbonyl (C=O) groups excluding carboxylic acids is 2. The van der Waals surface area contributed by atoms with Crippen molar-refractivity contribution in [2.45, 2.75) is 20.8 Å². The molecule has 0 bridgehead atoms. The predicted molar refractivity (Wildman–Crippen MR) is 95.0 cm³/mol. The fourth-order valence-corrected chi connectivity index (χ4v) is 2.09. The van der Waals surface area contributed by atoms with Gasteiger partial charge in [0.2, 0.25) is 0 Å². The summed E-state index contributed by atoms with van der Waals surface area (Å²) >= 11 is 0. The monoisotopic (exact) mass is 342 g/mol. The summed E-state index contributed by atoms with van der Waals surface area (Å²) in [5.74, 6) is 0.730. The third-order valence-corrected chi connectivity index (χ3v) is 3.32. The van der Waals surface area contributed by atoms with Crippen LogP contribution in [0.2, 0.25) is 0 Å². The minimum absolute atomic E-state index is 0.233. The molecule has 132 valence electrons. The van der Waals surface area contributed by atoms with Crippen LogP contribution in [0.5, 0.6) is 0 Å². The Balaban J connectivity index is 2.14. The molecule has 2 aromatic rings. The Morgan fingerprint density at radius 3 is 2.44 bits per heavy atom. The molecular formula is C18H22N4O3. The molecule has 7 nitrogen and oxygen atoms in total. The Bertz CT molecular complexity index is 757. The zero-order valence-corrected chi connectivity index (χ0v) is 14.8. The van der Waals surface area contributed by atoms with Gasteiger partial charge in [-0.3, -0.25) is 4.79 Å². The molecule has 0 fully saturated rings. The maximum atomic E-state index is 12.2. The maximum Gasteiger partial charge on any atom is 0.337 e. The molecule has 1 aromatic heterocycles. The minimum Gasteiger partial charge on any atom is -0.465 e. The first kappa shape index (κ1) is 18.4. The second kappa shape index (κ2) is 8.23. The first-order chi connectivity index (χ1) is 11.9. The molecule has 0 radical (unpaired) electrons. The van der Waals surface area contributed by atoms with Crippen LogP contribution in [0.4, 0.5) is 11.5 Å². The number of methoxy groups -OCH3 is 1. The van der Waals surface area contributed by atoms with Crippen molar-refractivity contribution in [1.29, 1.82) is 0 Å². The van der Waals surface area contributed by atoms with Crippen LogP contribution in [-0.4, -0.2) is 35.5 Å². The zero-order valence-electron chi connectivity index (χ0n) is 14.8. The fraction of sp³-hybridized carbons (Fsp3) is 0.333. The van der Waals surface area contributed by atoms with Gasteiger partial charge in [-0.1, -0.05) is 13.8 Å². The molecule has 0 saturated carbocycles. The highest BCUT2D eigenvalue weighted by Gasteiger charge is 2.11. The van der Waals surface area contributed by atoms with E-state index in [1.165, 1.54) is 7.11 Å². The van der Waals surface area contributed by atoms with Gasteiger partial charge < -0.3 is 15.4 Å². The largest absolute Gasteiger partial charge is 0.465 e. The summed E-state index contributed by atoms with van der Waals surface area (Å²) in [5.41, 5.74) is 1.50. The number of hydrogen-bond acceptors (Lipinski definition) is 6. The number of hydrogen-bond donors (Lipinski definition) is 2. The van der Waals surface area contributed by atoms with Gasteiger partial charge in [0.25, 0.3) is 5.91 Å². The molecule has 0 spiro atoms. The van der Waals surface area contributed by atoms with Gasteiger partial charge >= 0.3 is 5.97 Å². The molecule has 25 heavy (non-hydrogen) atoms. The average Bonchev–Trinajstić information content (AvgIpc) is 2.59. The number of aryl methyl sites for hydroxylation is 1. The van der Waals surface area contributed by atoms with E-state index in [0.717, 1.165) is 5.69 Å². The van der Waals surface area contributed by atoms with Crippen molar-refractivity contribution < 1.29 is 14.3 Å². The Morgan fingerprint density at radius 1 is 1.16 bits per heavy atom. The van der Waals surface area contributed by atoms with Crippen LogP contribution < -0.4 is 10.6 Å². The van der Waals surface area contributed by atoms with Crippen LogP contribution in [0.25, 0.3) is 0 Å². The van der Waals surface area contributed by atoms with Gasteiger partial charge in [-0.2, -0.15) is 0 Å². The Hall–Kier alpha value is -2.96. The number of carbonyl (C=O) groups is 2. The standard InChI is InChI=1S/C18H22N4O3/c1-11(2)10-19-17(23)15-9-16(21-12(3)20-15)22-14-7-5-13(6-8-14)18(24)25-4/h5-9,11H,10H2,1-4H3,(H,19,23)(H,20,21,22). The molecule has 0 aliphatic heterocycles. The highest BCUT2D eigenvalue weighted by Crippen LogP contribution is 2.17. The number of anilines is 2. The van der Waals surface area contributed by atoms with E-state index < -0.39 is 5.97 Å². The zero-order chi connectivity index (χ0) is 18.4. The van der Waals surface area contributed by atoms with E-state index in [1.54, 1.807) is 37.3 Å². The third-order valence-electron chi connectivity index (χ3n) is 3.32. The third kappa shape index (κ3) is 5.27. The van der Waals surface area contributed by atoms with Crippen LogP contribution in [0.15, 0.2) is 30.3 Å². The molecule has 1 aromatic carbocycles. The predicted octanol–water partition coefficient (Wildman–Crippen LogP) is 2.70. The van der Waals surface area contributed by atoms with Crippen LogP contribution in [0.1, 0.15) is 40.5 Å². The van der Waals surface area contributed by atoms with E-state index in [0.29, 0.717) is 35.4 Å². The summed E-state index contributed by atoms with van der Waals surface area (Å²) in [6.07, 6.45) is 0. The minimum atomic E-state index is -0.395. The van der Waals surface area contributed by atoms with Gasteiger partial charge in [0.05, 0.1) is 12.7 Å². The van der Waals surface area contributed by atoms with Crippen LogP contribution in [-0.2, 0) is 4.74 Å². The average molecular weight is 342 g/mol. The molecule has 7 heteroatoms. The summed E-state index contributed by atoms with van der Waals surface area (Å²) in [4.78, 5) is 32.1. The van der Waals surface area contributed by atoms with E-state index in [-0.39, 0.29) is 5.91 Å². The highest BCUT2D eigenvalue weighted by atomic mass is 16.5. The quantitative estimate of drug-likeness (QED) is 0.784. The number of ether oxygens (including phenoxy) is 1. The number of benzene rings is 1. The van der Waals surface area contributed by atoms with Crippen molar-refractivity contribution in [2.75, 3.05) is 19.0 Å². The number of nitrogens with zero attached hydrogens (tertiary/aromatic N) is 2. The molecule has 2 rings (SSSR count). The lowest BCUT2D eigenvalue weighted by atomic mass is 10.2. The lowest BCUT2D eigenvalue weighted by Gasteiger charge is -2.10. The Morgan fingerprint density at radius 2 is 1.84 bits per heavy atom. The van der Waals surface area contributed by atoms with E-state index in [2.05, 4.69) is 25.3 Å². The van der Waals surface area contributed by atoms with E-state index in [4.69, 9.17) is 0 Å². The molecule has 0 aliphatic carbocycles. The highest BCUT2D eigenvalue weighted by molar-refractivity contribution is 5.93. The molecule has 0 saturated heterocycles. The van der Waals surface area contributed by atoms with Gasteiger partial charge in [0, 0.05) is 18.3 Å². The normalized spacial score (nSPS) is 10.4. The van der Waals surface area contributed by atoms with Gasteiger partial charge in [0.15, 0.2) is 0 Å². The first-order valence-electron chi connectivity index (χ1n) is 7.98. The smallest absolute Gasteiger partial charge is 0.337 e. The molecule has 0 aliphatic rings. The summed E-state index contributed by atoms with van der Waals surface area (Å²) in [5, 5.41) is 5.94. The fourth-order valence-electron chi connectivity index (χ4n) is 2.09. The molecule has 1 heterocycles. The van der Waals surface area contributed by atoms with Crippen molar-refractivity contribution in [3.05, 3.63) is 47.4 Å². The summed E-state index contributed by atoms with van der Waals surface area (Å²) in [7, 11) is 1.34. The molecule has 0 unspecified atom stereocenters. The van der Waals surface area contributed by atoms with E-state index in [9.17, 15) is 9.59 Å². The number of aromatic nitrogens is 2.